The first-order valence-corrected chi connectivity index (χ1v) is 10.6. The van der Waals surface area contributed by atoms with E-state index in [1.807, 2.05) is 34.1 Å². The second-order valence-corrected chi connectivity index (χ2v) is 8.32. The molecule has 5 rings (SSSR count). The molecule has 1 N–H and O–H groups in total. The number of carbonyl (C=O) groups is 2. The summed E-state index contributed by atoms with van der Waals surface area (Å²) in [5.41, 5.74) is 1.16. The van der Waals surface area contributed by atoms with Gasteiger partial charge in [0.05, 0.1) is 12.1 Å². The summed E-state index contributed by atoms with van der Waals surface area (Å²) in [5.74, 6) is 1.22. The van der Waals surface area contributed by atoms with Crippen LogP contribution in [-0.4, -0.2) is 76.6 Å². The van der Waals surface area contributed by atoms with Crippen molar-refractivity contribution < 1.29 is 19.1 Å². The zero-order chi connectivity index (χ0) is 21.4. The van der Waals surface area contributed by atoms with Gasteiger partial charge in [0, 0.05) is 44.4 Å². The highest BCUT2D eigenvalue weighted by atomic mass is 35.5. The topological polar surface area (TPSA) is 96.9 Å². The molecular weight excluding hydrogens is 422 g/mol. The molecule has 1 aromatic carbocycles. The highest BCUT2D eigenvalue weighted by molar-refractivity contribution is 6.28. The van der Waals surface area contributed by atoms with E-state index in [0.717, 1.165) is 12.0 Å². The predicted octanol–water partition coefficient (Wildman–Crippen LogP) is 2.03. The third kappa shape index (κ3) is 4.28. The maximum atomic E-state index is 12.9. The second kappa shape index (κ2) is 8.32. The Kier molecular flexibility index (Phi) is 5.37. The summed E-state index contributed by atoms with van der Waals surface area (Å²) in [4.78, 5) is 35.9. The van der Waals surface area contributed by atoms with Crippen LogP contribution < -0.4 is 10.1 Å². The van der Waals surface area contributed by atoms with Crippen LogP contribution in [-0.2, 0) is 9.53 Å². The van der Waals surface area contributed by atoms with Crippen LogP contribution in [0, 0.1) is 0 Å². The molecule has 3 fully saturated rings. The standard InChI is InChI=1S/C21H22ClN5O4/c22-20-23-7-5-19(25-20)31-15-3-1-13(2-4-15)14-9-27(10-14)21(29)26-8-6-17-16(11-26)24-18(28)12-30-17/h1-5,7,14,16-17H,6,8-12H2,(H,24,28)/t16?,17-/m0/s1. The molecule has 3 amide bonds. The normalized spacial score (nSPS) is 23.6. The molecule has 9 nitrogen and oxygen atoms in total. The highest BCUT2D eigenvalue weighted by Crippen LogP contribution is 2.31. The molecule has 4 heterocycles. The predicted molar refractivity (Wildman–Crippen MR) is 111 cm³/mol. The lowest BCUT2D eigenvalue weighted by molar-refractivity contribution is -0.139. The van der Waals surface area contributed by atoms with Crippen LogP contribution in [0.25, 0.3) is 0 Å². The van der Waals surface area contributed by atoms with E-state index in [2.05, 4.69) is 15.3 Å². The van der Waals surface area contributed by atoms with Crippen molar-refractivity contribution in [3.05, 3.63) is 47.4 Å². The summed E-state index contributed by atoms with van der Waals surface area (Å²) in [6.07, 6.45) is 2.29. The monoisotopic (exact) mass is 443 g/mol. The van der Waals surface area contributed by atoms with E-state index < -0.39 is 0 Å². The van der Waals surface area contributed by atoms with Gasteiger partial charge in [0.1, 0.15) is 12.4 Å². The minimum absolute atomic E-state index is 0.00463. The first-order valence-electron chi connectivity index (χ1n) is 10.3. The molecule has 2 atom stereocenters. The summed E-state index contributed by atoms with van der Waals surface area (Å²) in [7, 11) is 0. The van der Waals surface area contributed by atoms with Gasteiger partial charge < -0.3 is 24.6 Å². The number of amides is 3. The molecule has 1 aromatic heterocycles. The smallest absolute Gasteiger partial charge is 0.320 e. The molecule has 0 saturated carbocycles. The Labute approximate surface area is 184 Å². The number of rotatable bonds is 3. The Morgan fingerprint density at radius 3 is 2.74 bits per heavy atom. The van der Waals surface area contributed by atoms with Gasteiger partial charge in [-0.25, -0.2) is 9.78 Å². The Morgan fingerprint density at radius 2 is 1.97 bits per heavy atom. The second-order valence-electron chi connectivity index (χ2n) is 7.98. The fourth-order valence-corrected chi connectivity index (χ4v) is 4.36. The van der Waals surface area contributed by atoms with Crippen molar-refractivity contribution in [2.24, 2.45) is 0 Å². The molecule has 1 unspecified atom stereocenters. The van der Waals surface area contributed by atoms with Crippen molar-refractivity contribution in [1.82, 2.24) is 25.1 Å². The van der Waals surface area contributed by atoms with E-state index in [9.17, 15) is 9.59 Å². The maximum Gasteiger partial charge on any atom is 0.320 e. The van der Waals surface area contributed by atoms with E-state index in [1.54, 1.807) is 6.07 Å². The van der Waals surface area contributed by atoms with E-state index >= 15 is 0 Å². The number of piperidine rings is 1. The summed E-state index contributed by atoms with van der Waals surface area (Å²) in [6, 6.07) is 9.32. The minimum Gasteiger partial charge on any atom is -0.439 e. The van der Waals surface area contributed by atoms with E-state index in [-0.39, 0.29) is 36.0 Å². The van der Waals surface area contributed by atoms with Gasteiger partial charge in [0.25, 0.3) is 0 Å². The van der Waals surface area contributed by atoms with Crippen molar-refractivity contribution in [1.29, 1.82) is 0 Å². The Hall–Kier alpha value is -2.91. The van der Waals surface area contributed by atoms with Gasteiger partial charge in [0.15, 0.2) is 0 Å². The number of hydrogen-bond donors (Lipinski definition) is 1. The van der Waals surface area contributed by atoms with Gasteiger partial charge in [-0.2, -0.15) is 4.98 Å². The third-order valence-electron chi connectivity index (χ3n) is 5.92. The molecule has 2 aromatic rings. The van der Waals surface area contributed by atoms with Gasteiger partial charge in [0.2, 0.25) is 17.1 Å². The van der Waals surface area contributed by atoms with Crippen LogP contribution in [0.4, 0.5) is 4.79 Å². The number of nitrogens with one attached hydrogen (secondary N) is 1. The molecule has 3 saturated heterocycles. The number of hydrogen-bond acceptors (Lipinski definition) is 6. The summed E-state index contributed by atoms with van der Waals surface area (Å²) in [5, 5.41) is 3.07. The number of likely N-dealkylation sites (tertiary alicyclic amines) is 2. The zero-order valence-corrected chi connectivity index (χ0v) is 17.5. The van der Waals surface area contributed by atoms with Crippen molar-refractivity contribution in [2.75, 3.05) is 32.8 Å². The van der Waals surface area contributed by atoms with E-state index in [1.165, 1.54) is 6.20 Å². The molecule has 10 heteroatoms. The molecule has 0 spiro atoms. The molecule has 0 radical (unpaired) electrons. The number of aromatic nitrogens is 2. The average Bonchev–Trinajstić information content (AvgIpc) is 2.73. The number of fused-ring (bicyclic) bond motifs is 1. The number of urea groups is 1. The molecule has 3 aliphatic rings. The molecule has 0 bridgehead atoms. The van der Waals surface area contributed by atoms with Gasteiger partial charge >= 0.3 is 6.03 Å². The Bertz CT molecular complexity index is 982. The van der Waals surface area contributed by atoms with Crippen molar-refractivity contribution in [3.8, 4) is 11.6 Å². The minimum atomic E-state index is -0.117. The van der Waals surface area contributed by atoms with Gasteiger partial charge in [-0.3, -0.25) is 4.79 Å². The van der Waals surface area contributed by atoms with Gasteiger partial charge in [-0.1, -0.05) is 12.1 Å². The average molecular weight is 444 g/mol. The van der Waals surface area contributed by atoms with Gasteiger partial charge in [-0.15, -0.1) is 0 Å². The summed E-state index contributed by atoms with van der Waals surface area (Å²) >= 11 is 5.78. The zero-order valence-electron chi connectivity index (χ0n) is 16.7. The van der Waals surface area contributed by atoms with E-state index in [4.69, 9.17) is 21.1 Å². The van der Waals surface area contributed by atoms with Gasteiger partial charge in [-0.05, 0) is 35.7 Å². The van der Waals surface area contributed by atoms with Crippen LogP contribution >= 0.6 is 11.6 Å². The number of carbonyl (C=O) groups excluding carboxylic acids is 2. The first-order chi connectivity index (χ1) is 15.0. The summed E-state index contributed by atoms with van der Waals surface area (Å²) < 4.78 is 11.3. The third-order valence-corrected chi connectivity index (χ3v) is 6.10. The van der Waals surface area contributed by atoms with E-state index in [0.29, 0.717) is 43.7 Å². The fourth-order valence-electron chi connectivity index (χ4n) is 4.22. The lowest BCUT2D eigenvalue weighted by Gasteiger charge is -2.46. The maximum absolute atomic E-state index is 12.9. The summed E-state index contributed by atoms with van der Waals surface area (Å²) in [6.45, 7) is 2.60. The molecular formula is C21H22ClN5O4. The lowest BCUT2D eigenvalue weighted by Crippen LogP contribution is -2.63. The van der Waals surface area contributed by atoms with Crippen LogP contribution in [0.15, 0.2) is 36.5 Å². The quantitative estimate of drug-likeness (QED) is 0.729. The molecule has 31 heavy (non-hydrogen) atoms. The van der Waals surface area contributed by atoms with Crippen LogP contribution in [0.1, 0.15) is 17.9 Å². The van der Waals surface area contributed by atoms with Crippen molar-refractivity contribution in [3.63, 3.8) is 0 Å². The molecule has 0 aliphatic carbocycles. The molecule has 3 aliphatic heterocycles. The fraction of sp³-hybridized carbons (Fsp3) is 0.429. The lowest BCUT2D eigenvalue weighted by atomic mass is 9.91. The van der Waals surface area contributed by atoms with Crippen LogP contribution in [0.5, 0.6) is 11.6 Å². The largest absolute Gasteiger partial charge is 0.439 e. The Balaban J connectivity index is 1.13. The highest BCUT2D eigenvalue weighted by Gasteiger charge is 2.40. The number of nitrogens with zero attached hydrogens (tertiary/aromatic N) is 4. The number of morpholine rings is 1. The van der Waals surface area contributed by atoms with Crippen LogP contribution in [0.2, 0.25) is 5.28 Å². The SMILES string of the molecule is O=C1CO[C@H]2CCN(C(=O)N3CC(c4ccc(Oc5ccnc(Cl)n5)cc4)C3)CC2N1. The van der Waals surface area contributed by atoms with Crippen molar-refractivity contribution >= 4 is 23.5 Å². The van der Waals surface area contributed by atoms with Crippen LogP contribution in [0.3, 0.4) is 0 Å². The first kappa shape index (κ1) is 20.0. The number of benzene rings is 1. The molecule has 162 valence electrons. The number of halogens is 1. The number of ether oxygens (including phenoxy) is 2. The van der Waals surface area contributed by atoms with Crippen molar-refractivity contribution in [2.45, 2.75) is 24.5 Å². The Morgan fingerprint density at radius 1 is 1.16 bits per heavy atom.